The molecule has 1 atom stereocenters. The fraction of sp³-hybridized carbons (Fsp3) is 0.235. The number of rotatable bonds is 3. The molecule has 4 heteroatoms. The van der Waals surface area contributed by atoms with Crippen molar-refractivity contribution in [1.82, 2.24) is 5.32 Å². The number of nitrogens with one attached hydrogen (secondary N) is 1. The monoisotopic (exact) mass is 303 g/mol. The Hall–Kier alpha value is -1.71. The molecular weight excluding hydrogens is 289 g/mol. The Morgan fingerprint density at radius 1 is 1.29 bits per heavy atom. The third-order valence-corrected chi connectivity index (χ3v) is 4.10. The van der Waals surface area contributed by atoms with Crippen LogP contribution in [0.3, 0.4) is 0 Å². The van der Waals surface area contributed by atoms with Gasteiger partial charge in [0.25, 0.3) is 0 Å². The lowest BCUT2D eigenvalue weighted by atomic mass is 9.85. The Kier molecular flexibility index (Phi) is 4.04. The van der Waals surface area contributed by atoms with E-state index in [4.69, 9.17) is 11.6 Å². The molecule has 0 fully saturated rings. The summed E-state index contributed by atoms with van der Waals surface area (Å²) < 4.78 is 13.8. The second kappa shape index (κ2) is 5.96. The van der Waals surface area contributed by atoms with Gasteiger partial charge in [-0.2, -0.15) is 0 Å². The van der Waals surface area contributed by atoms with Gasteiger partial charge in [0.1, 0.15) is 11.6 Å². The number of hydrogen-bond acceptors (Lipinski definition) is 2. The molecule has 1 N–H and O–H groups in total. The van der Waals surface area contributed by atoms with Crippen LogP contribution in [0.25, 0.3) is 0 Å². The molecule has 0 saturated heterocycles. The van der Waals surface area contributed by atoms with Crippen LogP contribution in [0.5, 0.6) is 0 Å². The van der Waals surface area contributed by atoms with Crippen molar-refractivity contribution in [3.8, 4) is 0 Å². The van der Waals surface area contributed by atoms with Gasteiger partial charge in [-0.15, -0.1) is 0 Å². The van der Waals surface area contributed by atoms with E-state index in [1.54, 1.807) is 12.1 Å². The van der Waals surface area contributed by atoms with Crippen LogP contribution in [0, 0.1) is 5.82 Å². The number of Topliss-reactive ketones (excluding diaryl/α,β-unsaturated/α-hetero) is 1. The molecule has 2 aromatic rings. The number of benzene rings is 2. The van der Waals surface area contributed by atoms with Gasteiger partial charge < -0.3 is 5.32 Å². The molecule has 21 heavy (non-hydrogen) atoms. The number of fused-ring (bicyclic) bond motifs is 1. The molecule has 2 aromatic carbocycles. The van der Waals surface area contributed by atoms with E-state index in [1.807, 2.05) is 24.3 Å². The highest BCUT2D eigenvalue weighted by Gasteiger charge is 2.26. The van der Waals surface area contributed by atoms with E-state index in [9.17, 15) is 9.18 Å². The Labute approximate surface area is 127 Å². The summed E-state index contributed by atoms with van der Waals surface area (Å²) in [6, 6.07) is 12.3. The molecule has 1 unspecified atom stereocenters. The van der Waals surface area contributed by atoms with Crippen LogP contribution in [0.1, 0.15) is 22.6 Å². The van der Waals surface area contributed by atoms with E-state index in [1.165, 1.54) is 6.07 Å². The summed E-state index contributed by atoms with van der Waals surface area (Å²) in [5.74, 6) is -0.617. The van der Waals surface area contributed by atoms with Crippen LogP contribution in [0.4, 0.5) is 4.39 Å². The van der Waals surface area contributed by atoms with Crippen molar-refractivity contribution in [2.24, 2.45) is 0 Å². The second-order valence-corrected chi connectivity index (χ2v) is 5.70. The summed E-state index contributed by atoms with van der Waals surface area (Å²) in [6.07, 6.45) is 0.0870. The van der Waals surface area contributed by atoms with Gasteiger partial charge >= 0.3 is 0 Å². The van der Waals surface area contributed by atoms with E-state index in [2.05, 4.69) is 5.32 Å². The van der Waals surface area contributed by atoms with Gasteiger partial charge in [0.2, 0.25) is 0 Å². The number of carbonyl (C=O) groups is 1. The standard InChI is InChI=1S/C17H15ClFNO/c18-13-6-5-11(16(19)8-13)7-17(21)15-10-20-9-12-3-1-2-4-14(12)15/h1-6,8,15,20H,7,9-10H2. The molecule has 0 bridgehead atoms. The highest BCUT2D eigenvalue weighted by Crippen LogP contribution is 2.26. The van der Waals surface area contributed by atoms with E-state index in [0.29, 0.717) is 17.1 Å². The minimum absolute atomic E-state index is 0.0240. The van der Waals surface area contributed by atoms with Crippen LogP contribution in [0.2, 0.25) is 5.02 Å². The molecule has 0 saturated carbocycles. The highest BCUT2D eigenvalue weighted by atomic mass is 35.5. The first kappa shape index (κ1) is 14.2. The molecule has 0 aliphatic carbocycles. The zero-order chi connectivity index (χ0) is 14.8. The van der Waals surface area contributed by atoms with Crippen molar-refractivity contribution >= 4 is 17.4 Å². The Bertz CT molecular complexity index is 686. The lowest BCUT2D eigenvalue weighted by Gasteiger charge is -2.25. The normalized spacial score (nSPS) is 17.3. The maximum Gasteiger partial charge on any atom is 0.146 e. The number of halogens is 2. The summed E-state index contributed by atoms with van der Waals surface area (Å²) in [4.78, 5) is 12.5. The predicted octanol–water partition coefficient (Wildman–Crippen LogP) is 3.48. The maximum atomic E-state index is 13.8. The Morgan fingerprint density at radius 2 is 2.10 bits per heavy atom. The van der Waals surface area contributed by atoms with Gasteiger partial charge in [-0.1, -0.05) is 41.9 Å². The molecule has 2 nitrogen and oxygen atoms in total. The third-order valence-electron chi connectivity index (χ3n) is 3.86. The molecular formula is C17H15ClFNO. The Morgan fingerprint density at radius 3 is 2.90 bits per heavy atom. The molecule has 0 radical (unpaired) electrons. The smallest absolute Gasteiger partial charge is 0.146 e. The lowest BCUT2D eigenvalue weighted by Crippen LogP contribution is -2.33. The summed E-state index contributed by atoms with van der Waals surface area (Å²) >= 11 is 5.73. The van der Waals surface area contributed by atoms with Crippen molar-refractivity contribution in [2.75, 3.05) is 6.54 Å². The molecule has 0 amide bonds. The largest absolute Gasteiger partial charge is 0.312 e. The topological polar surface area (TPSA) is 29.1 Å². The molecule has 108 valence electrons. The summed E-state index contributed by atoms with van der Waals surface area (Å²) in [7, 11) is 0. The van der Waals surface area contributed by atoms with Crippen LogP contribution < -0.4 is 5.32 Å². The van der Waals surface area contributed by atoms with Gasteiger partial charge in [-0.05, 0) is 28.8 Å². The third kappa shape index (κ3) is 2.99. The molecule has 0 spiro atoms. The van der Waals surface area contributed by atoms with Gasteiger partial charge in [0.05, 0.1) is 5.92 Å². The average Bonchev–Trinajstić information content (AvgIpc) is 2.49. The zero-order valence-electron chi connectivity index (χ0n) is 11.4. The predicted molar refractivity (Wildman–Crippen MR) is 81.0 cm³/mol. The van der Waals surface area contributed by atoms with Gasteiger partial charge in [-0.3, -0.25) is 4.79 Å². The molecule has 1 aliphatic rings. The fourth-order valence-corrected chi connectivity index (χ4v) is 2.92. The van der Waals surface area contributed by atoms with Gasteiger partial charge in [0, 0.05) is 24.5 Å². The van der Waals surface area contributed by atoms with Crippen molar-refractivity contribution in [3.63, 3.8) is 0 Å². The molecule has 3 rings (SSSR count). The Balaban J connectivity index is 1.83. The summed E-state index contributed by atoms with van der Waals surface area (Å²) in [5.41, 5.74) is 2.58. The summed E-state index contributed by atoms with van der Waals surface area (Å²) in [6.45, 7) is 1.38. The summed E-state index contributed by atoms with van der Waals surface area (Å²) in [5, 5.41) is 3.59. The minimum atomic E-state index is -0.423. The van der Waals surface area contributed by atoms with Crippen LogP contribution in [-0.2, 0) is 17.8 Å². The molecule has 0 aromatic heterocycles. The first-order chi connectivity index (χ1) is 10.1. The number of hydrogen-bond donors (Lipinski definition) is 1. The highest BCUT2D eigenvalue weighted by molar-refractivity contribution is 6.30. The molecule has 1 heterocycles. The quantitative estimate of drug-likeness (QED) is 0.940. The molecule has 1 aliphatic heterocycles. The van der Waals surface area contributed by atoms with Crippen molar-refractivity contribution in [2.45, 2.75) is 18.9 Å². The van der Waals surface area contributed by atoms with E-state index < -0.39 is 5.82 Å². The first-order valence-corrected chi connectivity index (χ1v) is 7.28. The van der Waals surface area contributed by atoms with Crippen molar-refractivity contribution in [1.29, 1.82) is 0 Å². The van der Waals surface area contributed by atoms with Crippen LogP contribution in [-0.4, -0.2) is 12.3 Å². The van der Waals surface area contributed by atoms with Crippen molar-refractivity contribution in [3.05, 3.63) is 70.0 Å². The van der Waals surface area contributed by atoms with Gasteiger partial charge in [0.15, 0.2) is 0 Å². The second-order valence-electron chi connectivity index (χ2n) is 5.26. The van der Waals surface area contributed by atoms with Crippen LogP contribution in [0.15, 0.2) is 42.5 Å². The SMILES string of the molecule is O=C(Cc1ccc(Cl)cc1F)C1CNCc2ccccc21. The maximum absolute atomic E-state index is 13.8. The lowest BCUT2D eigenvalue weighted by molar-refractivity contribution is -0.120. The number of ketones is 1. The van der Waals surface area contributed by atoms with Gasteiger partial charge in [-0.25, -0.2) is 4.39 Å². The van der Waals surface area contributed by atoms with E-state index >= 15 is 0 Å². The fourth-order valence-electron chi connectivity index (χ4n) is 2.76. The number of carbonyl (C=O) groups excluding carboxylic acids is 1. The minimum Gasteiger partial charge on any atom is -0.312 e. The van der Waals surface area contributed by atoms with Crippen LogP contribution >= 0.6 is 11.6 Å². The zero-order valence-corrected chi connectivity index (χ0v) is 12.2. The average molecular weight is 304 g/mol. The van der Waals surface area contributed by atoms with E-state index in [-0.39, 0.29) is 18.1 Å². The first-order valence-electron chi connectivity index (χ1n) is 6.90. The van der Waals surface area contributed by atoms with E-state index in [0.717, 1.165) is 17.7 Å². The van der Waals surface area contributed by atoms with Crippen molar-refractivity contribution < 1.29 is 9.18 Å².